The van der Waals surface area contributed by atoms with Gasteiger partial charge in [0.1, 0.15) is 47.6 Å². The van der Waals surface area contributed by atoms with Gasteiger partial charge in [0.15, 0.2) is 0 Å². The number of aromatic amines is 1. The van der Waals surface area contributed by atoms with Gasteiger partial charge in [0, 0.05) is 49.7 Å². The highest BCUT2D eigenvalue weighted by Gasteiger charge is 2.34. The fourth-order valence-electron chi connectivity index (χ4n) is 7.97. The number of benzene rings is 3. The summed E-state index contributed by atoms with van der Waals surface area (Å²) in [6, 6.07) is 13.8. The van der Waals surface area contributed by atoms with Crippen LogP contribution >= 0.6 is 7.37 Å². The van der Waals surface area contributed by atoms with Crippen LogP contribution in [0.25, 0.3) is 10.9 Å². The molecule has 0 aliphatic heterocycles. The zero-order valence-electron chi connectivity index (χ0n) is 44.7. The van der Waals surface area contributed by atoms with E-state index in [1.165, 1.54) is 25.5 Å². The second kappa shape index (κ2) is 29.5. The molecule has 1 aromatic heterocycles. The zero-order valence-corrected chi connectivity index (χ0v) is 45.6. The molecule has 0 aliphatic rings. The number of aromatic hydroxyl groups is 1. The molecular weight excluding hydrogens is 1010 g/mol. The highest BCUT2D eigenvalue weighted by molar-refractivity contribution is 7.57. The van der Waals surface area contributed by atoms with Gasteiger partial charge in [-0.2, -0.15) is 0 Å². The van der Waals surface area contributed by atoms with Crippen molar-refractivity contribution in [2.75, 3.05) is 19.9 Å². The Balaban J connectivity index is 1.56. The Bertz CT molecular complexity index is 2720. The molecule has 0 radical (unpaired) electrons. The molecule has 3 aromatic carbocycles. The minimum atomic E-state index is -3.42. The predicted octanol–water partition coefficient (Wildman–Crippen LogP) is 3.67. The van der Waals surface area contributed by atoms with Gasteiger partial charge < -0.3 is 62.3 Å². The fourth-order valence-corrected chi connectivity index (χ4v) is 8.53. The molecule has 0 fully saturated rings. The number of nitrogens with two attached hydrogens (primary N) is 1. The maximum Gasteiger partial charge on any atom is 0.408 e. The normalized spacial score (nSPS) is 13.8. The number of phenols is 1. The first-order valence-corrected chi connectivity index (χ1v) is 28.1. The molecule has 4 aromatic rings. The number of unbranched alkanes of at least 4 members (excludes halogenated alkanes) is 2. The number of para-hydroxylation sites is 1. The number of ether oxygens (including phenoxy) is 1. The summed E-state index contributed by atoms with van der Waals surface area (Å²) in [6.07, 6.45) is 2.07. The van der Waals surface area contributed by atoms with Crippen molar-refractivity contribution in [2.45, 2.75) is 141 Å². The van der Waals surface area contributed by atoms with E-state index in [0.29, 0.717) is 42.4 Å². The number of nitrogens with one attached hydrogen (secondary N) is 8. The van der Waals surface area contributed by atoms with Gasteiger partial charge in [-0.05, 0) is 68.5 Å². The number of primary amides is 1. The molecule has 23 heteroatoms. The standard InChI is InChI=1S/C54H74N9O13P/c1-8-10-20-39(59-50(70)42(63-53(73)75-54(3,4)5)28-34-23-25-36(64)26-24-34)48(68)57-32-45(65)58-43(29-35-31-56-38-22-16-15-19-37(35)38)51(71)60-40(21-11-9-2)49(69)62-44(30-46(66)76-77(6,7)74)52(72)61-41(47(55)67)27-33-17-13-12-14-18-33/h12-19,22-26,31,39-44,56,64H,8-11,20-21,27-30,32H2,1-7H3,(H2,55,67)(H,57,68)(H,58,65)(H,59,70)(H,60,71)(H,61,72)(H,62,69)(H,63,73)/t39-,40-,41-,42-,43-,44-/m0/s1. The molecule has 8 amide bonds. The molecule has 418 valence electrons. The van der Waals surface area contributed by atoms with Gasteiger partial charge >= 0.3 is 12.1 Å². The van der Waals surface area contributed by atoms with Gasteiger partial charge in [-0.25, -0.2) is 4.79 Å². The number of aromatic nitrogens is 1. The van der Waals surface area contributed by atoms with Crippen LogP contribution in [0.5, 0.6) is 5.75 Å². The Morgan fingerprint density at radius 3 is 1.71 bits per heavy atom. The number of phenolic OH excluding ortho intramolecular Hbond substituents is 1. The van der Waals surface area contributed by atoms with Crippen LogP contribution in [0.4, 0.5) is 4.79 Å². The van der Waals surface area contributed by atoms with Crippen molar-refractivity contribution < 1.29 is 62.1 Å². The topological polar surface area (TPSA) is 335 Å². The molecule has 0 spiro atoms. The van der Waals surface area contributed by atoms with Crippen molar-refractivity contribution in [3.8, 4) is 5.75 Å². The van der Waals surface area contributed by atoms with Crippen molar-refractivity contribution in [3.05, 3.63) is 102 Å². The number of carbonyl (C=O) groups is 9. The first-order chi connectivity index (χ1) is 36.3. The van der Waals surface area contributed by atoms with E-state index in [4.69, 9.17) is 15.0 Å². The highest BCUT2D eigenvalue weighted by atomic mass is 31.2. The van der Waals surface area contributed by atoms with Crippen molar-refractivity contribution in [2.24, 2.45) is 5.73 Å². The molecule has 0 saturated heterocycles. The number of carbonyl (C=O) groups excluding carboxylic acids is 9. The van der Waals surface area contributed by atoms with Crippen LogP contribution in [0, 0.1) is 0 Å². The Hall–Kier alpha value is -7.74. The summed E-state index contributed by atoms with van der Waals surface area (Å²) in [6.45, 7) is 10.4. The number of hydrogen-bond acceptors (Lipinski definition) is 13. The van der Waals surface area contributed by atoms with Gasteiger partial charge in [-0.1, -0.05) is 100 Å². The van der Waals surface area contributed by atoms with Crippen molar-refractivity contribution in [1.29, 1.82) is 0 Å². The molecule has 0 bridgehead atoms. The molecule has 6 atom stereocenters. The average Bonchev–Trinajstić information content (AvgIpc) is 3.76. The predicted molar refractivity (Wildman–Crippen MR) is 288 cm³/mol. The largest absolute Gasteiger partial charge is 0.508 e. The monoisotopic (exact) mass is 1090 g/mol. The van der Waals surface area contributed by atoms with Crippen molar-refractivity contribution in [3.63, 3.8) is 0 Å². The third-order valence-corrected chi connectivity index (χ3v) is 12.4. The first-order valence-electron chi connectivity index (χ1n) is 25.6. The minimum absolute atomic E-state index is 0.00521. The Labute approximate surface area is 448 Å². The summed E-state index contributed by atoms with van der Waals surface area (Å²) in [5.41, 5.74) is 7.35. The Morgan fingerprint density at radius 1 is 0.623 bits per heavy atom. The summed E-state index contributed by atoms with van der Waals surface area (Å²) < 4.78 is 22.9. The molecule has 22 nitrogen and oxygen atoms in total. The molecular formula is C54H74N9O13P. The first kappa shape index (κ1) is 61.8. The zero-order chi connectivity index (χ0) is 56.9. The quantitative estimate of drug-likeness (QED) is 0.0348. The van der Waals surface area contributed by atoms with Gasteiger partial charge in [0.2, 0.25) is 48.7 Å². The van der Waals surface area contributed by atoms with E-state index >= 15 is 0 Å². The number of H-pyrrole nitrogens is 1. The van der Waals surface area contributed by atoms with Crippen LogP contribution in [-0.4, -0.2) is 125 Å². The average molecular weight is 1090 g/mol. The van der Waals surface area contributed by atoms with Crippen LogP contribution in [0.2, 0.25) is 0 Å². The van der Waals surface area contributed by atoms with E-state index < -0.39 is 116 Å². The Morgan fingerprint density at radius 2 is 1.13 bits per heavy atom. The van der Waals surface area contributed by atoms with E-state index in [9.17, 15) is 52.8 Å². The van der Waals surface area contributed by atoms with Gasteiger partial charge in [-0.3, -0.25) is 42.9 Å². The van der Waals surface area contributed by atoms with E-state index in [-0.39, 0.29) is 37.9 Å². The molecule has 0 saturated carbocycles. The van der Waals surface area contributed by atoms with Crippen LogP contribution in [-0.2, 0) is 71.4 Å². The fraction of sp³-hybridized carbons (Fsp3) is 0.463. The molecule has 4 rings (SSSR count). The lowest BCUT2D eigenvalue weighted by Gasteiger charge is -2.26. The van der Waals surface area contributed by atoms with Crippen LogP contribution < -0.4 is 43.0 Å². The lowest BCUT2D eigenvalue weighted by molar-refractivity contribution is -0.139. The van der Waals surface area contributed by atoms with Gasteiger partial charge in [0.05, 0.1) is 13.0 Å². The lowest BCUT2D eigenvalue weighted by atomic mass is 10.0. The number of hydrogen-bond donors (Lipinski definition) is 10. The van der Waals surface area contributed by atoms with Gasteiger partial charge in [0.25, 0.3) is 0 Å². The van der Waals surface area contributed by atoms with E-state index in [2.05, 4.69) is 42.2 Å². The smallest absolute Gasteiger partial charge is 0.408 e. The molecule has 0 unspecified atom stereocenters. The summed E-state index contributed by atoms with van der Waals surface area (Å²) in [4.78, 5) is 126. The minimum Gasteiger partial charge on any atom is -0.508 e. The van der Waals surface area contributed by atoms with Crippen molar-refractivity contribution >= 4 is 71.7 Å². The van der Waals surface area contributed by atoms with Crippen LogP contribution in [0.3, 0.4) is 0 Å². The maximum atomic E-state index is 14.5. The number of alkyl carbamates (subject to hydrolysis) is 1. The van der Waals surface area contributed by atoms with Crippen LogP contribution in [0.1, 0.15) is 96.3 Å². The third-order valence-electron chi connectivity index (χ3n) is 11.8. The second-order valence-electron chi connectivity index (χ2n) is 20.0. The summed E-state index contributed by atoms with van der Waals surface area (Å²) in [5, 5.41) is 28.7. The molecule has 11 N–H and O–H groups in total. The van der Waals surface area contributed by atoms with E-state index in [1.807, 2.05) is 32.0 Å². The molecule has 0 aliphatic carbocycles. The maximum absolute atomic E-state index is 14.5. The number of rotatable bonds is 29. The molecule has 1 heterocycles. The summed E-state index contributed by atoms with van der Waals surface area (Å²) in [5.74, 6) is -7.00. The second-order valence-corrected chi connectivity index (χ2v) is 22.7. The summed E-state index contributed by atoms with van der Waals surface area (Å²) in [7, 11) is -3.42. The number of amides is 8. The van der Waals surface area contributed by atoms with Crippen molar-refractivity contribution in [1.82, 2.24) is 42.2 Å². The molecule has 77 heavy (non-hydrogen) atoms. The van der Waals surface area contributed by atoms with Crippen LogP contribution in [0.15, 0.2) is 85.1 Å². The third kappa shape index (κ3) is 21.8. The van der Waals surface area contributed by atoms with Gasteiger partial charge in [-0.15, -0.1) is 0 Å². The lowest BCUT2D eigenvalue weighted by Crippen LogP contribution is -2.59. The van der Waals surface area contributed by atoms with E-state index in [1.54, 1.807) is 75.5 Å². The Kier molecular flexibility index (Phi) is 23.7. The number of fused-ring (bicyclic) bond motifs is 1. The highest BCUT2D eigenvalue weighted by Crippen LogP contribution is 2.37. The SMILES string of the molecule is CCCC[C@H](NC(=O)[C@H](Cc1ccc(O)cc1)NC(=O)OC(C)(C)C)C(=O)NCC(=O)N[C@@H](Cc1c[nH]c2ccccc12)C(=O)N[C@@H](CCCC)C(=O)N[C@@H](CC(=O)OP(C)(C)=O)C(=O)N[C@@H](Cc1ccccc1)C(N)=O. The summed E-state index contributed by atoms with van der Waals surface area (Å²) >= 11 is 0. The van der Waals surface area contributed by atoms with E-state index in [0.717, 1.165) is 10.9 Å².